The Labute approximate surface area is 166 Å². The van der Waals surface area contributed by atoms with E-state index in [1.165, 1.54) is 11.3 Å². The summed E-state index contributed by atoms with van der Waals surface area (Å²) in [7, 11) is 1.62. The molecule has 0 spiro atoms. The number of ether oxygens (including phenoxy) is 1. The van der Waals surface area contributed by atoms with E-state index < -0.39 is 0 Å². The van der Waals surface area contributed by atoms with Gasteiger partial charge < -0.3 is 10.1 Å². The van der Waals surface area contributed by atoms with Gasteiger partial charge in [-0.05, 0) is 29.3 Å². The molecule has 0 unspecified atom stereocenters. The molecule has 28 heavy (non-hydrogen) atoms. The number of anilines is 1. The molecular weight excluding hydrogens is 372 g/mol. The van der Waals surface area contributed by atoms with Gasteiger partial charge in [-0.25, -0.2) is 9.78 Å². The number of thiazole rings is 1. The lowest BCUT2D eigenvalue weighted by atomic mass is 10.1. The number of rotatable bonds is 5. The molecule has 2 aromatic heterocycles. The summed E-state index contributed by atoms with van der Waals surface area (Å²) >= 11 is 1.42. The van der Waals surface area contributed by atoms with Crippen molar-refractivity contribution in [3.05, 3.63) is 72.6 Å². The standard InChI is InChI=1S/C21H18N4O2S/c1-27-17-10-9-16(15-7-3-2-4-8-15)19-18(17)24-21(28-19)25-20(26)23-13-14-6-5-11-22-12-14/h2-12H,13H2,1H3,(H2,23,24,25,26). The Morgan fingerprint density at radius 1 is 1.11 bits per heavy atom. The van der Waals surface area contributed by atoms with Gasteiger partial charge >= 0.3 is 6.03 Å². The van der Waals surface area contributed by atoms with Gasteiger partial charge in [-0.1, -0.05) is 47.7 Å². The molecule has 4 rings (SSSR count). The summed E-state index contributed by atoms with van der Waals surface area (Å²) in [4.78, 5) is 20.9. The number of urea groups is 1. The van der Waals surface area contributed by atoms with Crippen LogP contribution in [0.15, 0.2) is 67.0 Å². The summed E-state index contributed by atoms with van der Waals surface area (Å²) in [5, 5.41) is 6.14. The fraction of sp³-hybridized carbons (Fsp3) is 0.0952. The molecule has 140 valence electrons. The van der Waals surface area contributed by atoms with Crippen LogP contribution in [0.4, 0.5) is 9.93 Å². The van der Waals surface area contributed by atoms with Gasteiger partial charge in [0, 0.05) is 24.5 Å². The molecule has 0 bridgehead atoms. The molecule has 4 aromatic rings. The number of amides is 2. The molecule has 7 heteroatoms. The van der Waals surface area contributed by atoms with Gasteiger partial charge in [-0.3, -0.25) is 10.3 Å². The zero-order valence-corrected chi connectivity index (χ0v) is 16.0. The summed E-state index contributed by atoms with van der Waals surface area (Å²) < 4.78 is 6.42. The zero-order chi connectivity index (χ0) is 19.3. The van der Waals surface area contributed by atoms with Crippen molar-refractivity contribution < 1.29 is 9.53 Å². The summed E-state index contributed by atoms with van der Waals surface area (Å²) in [6, 6.07) is 17.4. The molecule has 2 N–H and O–H groups in total. The first kappa shape index (κ1) is 17.9. The van der Waals surface area contributed by atoms with E-state index in [1.54, 1.807) is 19.5 Å². The lowest BCUT2D eigenvalue weighted by Gasteiger charge is -2.05. The average molecular weight is 390 g/mol. The lowest BCUT2D eigenvalue weighted by Crippen LogP contribution is -2.28. The fourth-order valence-corrected chi connectivity index (χ4v) is 3.89. The number of carbonyl (C=O) groups is 1. The van der Waals surface area contributed by atoms with Crippen molar-refractivity contribution in [2.75, 3.05) is 12.4 Å². The Kier molecular flexibility index (Phi) is 5.16. The number of fused-ring (bicyclic) bond motifs is 1. The van der Waals surface area contributed by atoms with Crippen LogP contribution >= 0.6 is 11.3 Å². The Balaban J connectivity index is 1.59. The minimum Gasteiger partial charge on any atom is -0.494 e. The smallest absolute Gasteiger partial charge is 0.321 e. The molecule has 0 aliphatic carbocycles. The van der Waals surface area contributed by atoms with Crippen molar-refractivity contribution in [3.8, 4) is 16.9 Å². The van der Waals surface area contributed by atoms with Crippen LogP contribution in [0.2, 0.25) is 0 Å². The number of nitrogens with one attached hydrogen (secondary N) is 2. The van der Waals surface area contributed by atoms with Crippen LogP contribution in [-0.2, 0) is 6.54 Å². The van der Waals surface area contributed by atoms with E-state index in [1.807, 2.05) is 42.5 Å². The van der Waals surface area contributed by atoms with E-state index >= 15 is 0 Å². The number of aromatic nitrogens is 2. The second-order valence-corrected chi connectivity index (χ2v) is 7.05. The predicted octanol–water partition coefficient (Wildman–Crippen LogP) is 4.69. The van der Waals surface area contributed by atoms with Crippen molar-refractivity contribution >= 4 is 32.7 Å². The van der Waals surface area contributed by atoms with Gasteiger partial charge in [-0.2, -0.15) is 0 Å². The molecule has 0 radical (unpaired) electrons. The van der Waals surface area contributed by atoms with Crippen LogP contribution < -0.4 is 15.4 Å². The minimum atomic E-state index is -0.317. The number of methoxy groups -OCH3 is 1. The molecule has 2 aromatic carbocycles. The fourth-order valence-electron chi connectivity index (χ4n) is 2.87. The van der Waals surface area contributed by atoms with Crippen LogP contribution in [-0.4, -0.2) is 23.1 Å². The van der Waals surface area contributed by atoms with Gasteiger partial charge in [0.2, 0.25) is 0 Å². The summed E-state index contributed by atoms with van der Waals surface area (Å²) in [6.45, 7) is 0.392. The van der Waals surface area contributed by atoms with E-state index in [0.717, 1.165) is 26.9 Å². The highest BCUT2D eigenvalue weighted by Gasteiger charge is 2.15. The van der Waals surface area contributed by atoms with E-state index in [9.17, 15) is 4.79 Å². The maximum Gasteiger partial charge on any atom is 0.321 e. The Morgan fingerprint density at radius 2 is 1.96 bits per heavy atom. The largest absolute Gasteiger partial charge is 0.494 e. The number of hydrogen-bond acceptors (Lipinski definition) is 5. The SMILES string of the molecule is COc1ccc(-c2ccccc2)c2sc(NC(=O)NCc3cccnc3)nc12. The normalized spacial score (nSPS) is 10.6. The second-order valence-electron chi connectivity index (χ2n) is 6.05. The molecule has 0 atom stereocenters. The topological polar surface area (TPSA) is 76.1 Å². The third-order valence-corrected chi connectivity index (χ3v) is 5.21. The van der Waals surface area contributed by atoms with Crippen molar-refractivity contribution in [2.24, 2.45) is 0 Å². The number of nitrogens with zero attached hydrogens (tertiary/aromatic N) is 2. The van der Waals surface area contributed by atoms with Crippen molar-refractivity contribution in [1.82, 2.24) is 15.3 Å². The first-order valence-corrected chi connectivity index (χ1v) is 9.53. The van der Waals surface area contributed by atoms with Crippen molar-refractivity contribution in [3.63, 3.8) is 0 Å². The third kappa shape index (κ3) is 3.79. The maximum absolute atomic E-state index is 12.3. The highest BCUT2D eigenvalue weighted by atomic mass is 32.1. The van der Waals surface area contributed by atoms with E-state index in [4.69, 9.17) is 4.74 Å². The van der Waals surface area contributed by atoms with E-state index in [-0.39, 0.29) is 6.03 Å². The molecule has 0 aliphatic rings. The molecule has 0 aliphatic heterocycles. The lowest BCUT2D eigenvalue weighted by molar-refractivity contribution is 0.251. The quantitative estimate of drug-likeness (QED) is 0.518. The molecular formula is C21H18N4O2S. The van der Waals surface area contributed by atoms with Crippen molar-refractivity contribution in [1.29, 1.82) is 0 Å². The minimum absolute atomic E-state index is 0.317. The van der Waals surface area contributed by atoms with Crippen LogP contribution in [0, 0.1) is 0 Å². The first-order valence-electron chi connectivity index (χ1n) is 8.71. The summed E-state index contributed by atoms with van der Waals surface area (Å²) in [6.07, 6.45) is 3.41. The van der Waals surface area contributed by atoms with Gasteiger partial charge in [0.25, 0.3) is 0 Å². The molecule has 0 fully saturated rings. The Bertz CT molecular complexity index is 1100. The number of pyridine rings is 1. The van der Waals surface area contributed by atoms with Crippen LogP contribution in [0.1, 0.15) is 5.56 Å². The molecule has 6 nitrogen and oxygen atoms in total. The van der Waals surface area contributed by atoms with E-state index in [2.05, 4.69) is 32.7 Å². The van der Waals surface area contributed by atoms with Crippen LogP contribution in [0.25, 0.3) is 21.3 Å². The Hall–Kier alpha value is -3.45. The maximum atomic E-state index is 12.3. The third-order valence-electron chi connectivity index (χ3n) is 4.21. The van der Waals surface area contributed by atoms with Gasteiger partial charge in [0.15, 0.2) is 5.13 Å². The first-order chi connectivity index (χ1) is 13.7. The van der Waals surface area contributed by atoms with Gasteiger partial charge in [0.1, 0.15) is 11.3 Å². The zero-order valence-electron chi connectivity index (χ0n) is 15.2. The van der Waals surface area contributed by atoms with Crippen molar-refractivity contribution in [2.45, 2.75) is 6.54 Å². The number of benzene rings is 2. The average Bonchev–Trinajstić information content (AvgIpc) is 3.16. The second kappa shape index (κ2) is 8.06. The monoisotopic (exact) mass is 390 g/mol. The van der Waals surface area contributed by atoms with Crippen LogP contribution in [0.3, 0.4) is 0 Å². The number of hydrogen-bond donors (Lipinski definition) is 2. The summed E-state index contributed by atoms with van der Waals surface area (Å²) in [5.41, 5.74) is 3.80. The molecule has 2 amide bonds. The predicted molar refractivity (Wildman–Crippen MR) is 112 cm³/mol. The molecule has 2 heterocycles. The highest BCUT2D eigenvalue weighted by molar-refractivity contribution is 7.23. The van der Waals surface area contributed by atoms with Crippen LogP contribution in [0.5, 0.6) is 5.75 Å². The molecule has 0 saturated carbocycles. The highest BCUT2D eigenvalue weighted by Crippen LogP contribution is 2.39. The van der Waals surface area contributed by atoms with Gasteiger partial charge in [0.05, 0.1) is 11.8 Å². The number of carbonyl (C=O) groups excluding carboxylic acids is 1. The Morgan fingerprint density at radius 3 is 2.71 bits per heavy atom. The molecule has 0 saturated heterocycles. The summed E-state index contributed by atoms with van der Waals surface area (Å²) in [5.74, 6) is 0.676. The van der Waals surface area contributed by atoms with Gasteiger partial charge in [-0.15, -0.1) is 0 Å². The van der Waals surface area contributed by atoms with E-state index in [0.29, 0.717) is 17.4 Å².